The van der Waals surface area contributed by atoms with E-state index in [9.17, 15) is 0 Å². The van der Waals surface area contributed by atoms with Gasteiger partial charge in [0.05, 0.1) is 24.9 Å². The molecule has 2 aliphatic rings. The van der Waals surface area contributed by atoms with Crippen molar-refractivity contribution in [2.45, 2.75) is 32.5 Å². The maximum absolute atomic E-state index is 5.76. The smallest absolute Gasteiger partial charge is 0.0965 e. The van der Waals surface area contributed by atoms with Gasteiger partial charge >= 0.3 is 0 Å². The second-order valence-electron chi connectivity index (χ2n) is 4.13. The summed E-state index contributed by atoms with van der Waals surface area (Å²) in [7, 11) is 0. The van der Waals surface area contributed by atoms with Crippen molar-refractivity contribution in [1.82, 2.24) is 0 Å². The van der Waals surface area contributed by atoms with Crippen molar-refractivity contribution >= 4 is 0 Å². The van der Waals surface area contributed by atoms with Crippen LogP contribution in [0.25, 0.3) is 0 Å². The van der Waals surface area contributed by atoms with Crippen molar-refractivity contribution in [3.05, 3.63) is 0 Å². The Morgan fingerprint density at radius 2 is 2.00 bits per heavy atom. The van der Waals surface area contributed by atoms with Gasteiger partial charge in [0.1, 0.15) is 0 Å². The molecule has 0 saturated carbocycles. The van der Waals surface area contributed by atoms with Crippen molar-refractivity contribution in [2.75, 3.05) is 13.2 Å². The molecule has 0 unspecified atom stereocenters. The van der Waals surface area contributed by atoms with Crippen molar-refractivity contribution in [3.8, 4) is 0 Å². The molecule has 2 rings (SSSR count). The molecule has 0 amide bonds. The second-order valence-corrected chi connectivity index (χ2v) is 4.13. The van der Waals surface area contributed by atoms with Crippen LogP contribution in [0.5, 0.6) is 0 Å². The lowest BCUT2D eigenvalue weighted by Crippen LogP contribution is -2.37. The lowest BCUT2D eigenvalue weighted by Gasteiger charge is -2.26. The van der Waals surface area contributed by atoms with Crippen LogP contribution in [0.1, 0.15) is 20.8 Å². The molecule has 4 atom stereocenters. The van der Waals surface area contributed by atoms with Crippen LogP contribution in [0.4, 0.5) is 0 Å². The third-order valence-corrected chi connectivity index (χ3v) is 3.24. The molecule has 2 heterocycles. The Hall–Kier alpha value is -0.0800. The van der Waals surface area contributed by atoms with E-state index >= 15 is 0 Å². The zero-order valence-electron chi connectivity index (χ0n) is 7.46. The first-order chi connectivity index (χ1) is 5.14. The van der Waals surface area contributed by atoms with Gasteiger partial charge in [-0.15, -0.1) is 0 Å². The van der Waals surface area contributed by atoms with Crippen LogP contribution in [-0.4, -0.2) is 24.9 Å². The molecule has 2 fully saturated rings. The first-order valence-corrected chi connectivity index (χ1v) is 4.40. The van der Waals surface area contributed by atoms with Crippen LogP contribution >= 0.6 is 0 Å². The topological polar surface area (TPSA) is 18.5 Å². The Morgan fingerprint density at radius 1 is 1.27 bits per heavy atom. The molecule has 0 aromatic rings. The van der Waals surface area contributed by atoms with E-state index in [1.165, 1.54) is 0 Å². The minimum atomic E-state index is 0.0133. The van der Waals surface area contributed by atoms with Gasteiger partial charge in [-0.05, 0) is 6.92 Å². The quantitative estimate of drug-likeness (QED) is 0.528. The summed E-state index contributed by atoms with van der Waals surface area (Å²) < 4.78 is 11.4. The van der Waals surface area contributed by atoms with Gasteiger partial charge in [0, 0.05) is 11.8 Å². The highest BCUT2D eigenvalue weighted by molar-refractivity contribution is 5.01. The van der Waals surface area contributed by atoms with Gasteiger partial charge in [0.25, 0.3) is 0 Å². The van der Waals surface area contributed by atoms with Gasteiger partial charge in [-0.25, -0.2) is 0 Å². The third kappa shape index (κ3) is 0.859. The summed E-state index contributed by atoms with van der Waals surface area (Å²) in [6.07, 6.45) is 0.345. The summed E-state index contributed by atoms with van der Waals surface area (Å²) in [5, 5.41) is 0. The molecule has 11 heavy (non-hydrogen) atoms. The summed E-state index contributed by atoms with van der Waals surface area (Å²) in [4.78, 5) is 0. The first kappa shape index (κ1) is 7.56. The van der Waals surface area contributed by atoms with E-state index in [2.05, 4.69) is 20.8 Å². The number of hydrogen-bond acceptors (Lipinski definition) is 2. The minimum Gasteiger partial charge on any atom is -0.374 e. The largest absolute Gasteiger partial charge is 0.374 e. The highest BCUT2D eigenvalue weighted by Gasteiger charge is 2.53. The van der Waals surface area contributed by atoms with E-state index in [0.29, 0.717) is 17.9 Å². The van der Waals surface area contributed by atoms with Crippen LogP contribution in [0.3, 0.4) is 0 Å². The molecule has 0 aromatic carbocycles. The normalized spacial score (nSPS) is 56.5. The Bertz CT molecular complexity index is 169. The fourth-order valence-electron chi connectivity index (χ4n) is 2.21. The third-order valence-electron chi connectivity index (χ3n) is 3.24. The lowest BCUT2D eigenvalue weighted by atomic mass is 9.86. The minimum absolute atomic E-state index is 0.0133. The van der Waals surface area contributed by atoms with E-state index in [1.807, 2.05) is 0 Å². The van der Waals surface area contributed by atoms with Crippen LogP contribution < -0.4 is 0 Å². The molecule has 0 N–H and O–H groups in total. The van der Waals surface area contributed by atoms with Gasteiger partial charge in [-0.2, -0.15) is 0 Å². The van der Waals surface area contributed by atoms with E-state index in [-0.39, 0.29) is 5.60 Å². The van der Waals surface area contributed by atoms with E-state index < -0.39 is 0 Å². The second kappa shape index (κ2) is 2.20. The zero-order chi connectivity index (χ0) is 8.06. The molecule has 2 heteroatoms. The Morgan fingerprint density at radius 3 is 2.64 bits per heavy atom. The van der Waals surface area contributed by atoms with Crippen LogP contribution in [0, 0.1) is 11.8 Å². The average molecular weight is 156 g/mol. The van der Waals surface area contributed by atoms with Gasteiger partial charge in [-0.1, -0.05) is 13.8 Å². The average Bonchev–Trinajstić information content (AvgIpc) is 2.39. The van der Waals surface area contributed by atoms with Crippen molar-refractivity contribution < 1.29 is 9.47 Å². The number of hydrogen-bond donors (Lipinski definition) is 0. The summed E-state index contributed by atoms with van der Waals surface area (Å²) in [6.45, 7) is 8.32. The number of fused-ring (bicyclic) bond motifs is 1. The molecule has 64 valence electrons. The fourth-order valence-corrected chi connectivity index (χ4v) is 2.21. The molecule has 0 radical (unpaired) electrons. The standard InChI is InChI=1S/C9H16O2/c1-6-4-11-9(3)7(2)5-10-8(6)9/h6-8H,4-5H2,1-3H3/t6-,7-,8-,9-/m1/s1. The summed E-state index contributed by atoms with van der Waals surface area (Å²) in [6, 6.07) is 0. The fraction of sp³-hybridized carbons (Fsp3) is 1.00. The monoisotopic (exact) mass is 156 g/mol. The highest BCUT2D eigenvalue weighted by Crippen LogP contribution is 2.43. The van der Waals surface area contributed by atoms with E-state index in [0.717, 1.165) is 13.2 Å². The maximum atomic E-state index is 5.76. The van der Waals surface area contributed by atoms with Gasteiger partial charge in [0.2, 0.25) is 0 Å². The summed E-state index contributed by atoms with van der Waals surface area (Å²) in [5.74, 6) is 1.13. The molecule has 0 aromatic heterocycles. The predicted molar refractivity (Wildman–Crippen MR) is 42.4 cm³/mol. The molecular weight excluding hydrogens is 140 g/mol. The molecule has 0 aliphatic carbocycles. The molecule has 2 nitrogen and oxygen atoms in total. The van der Waals surface area contributed by atoms with E-state index in [1.54, 1.807) is 0 Å². The summed E-state index contributed by atoms with van der Waals surface area (Å²) >= 11 is 0. The maximum Gasteiger partial charge on any atom is 0.0965 e. The Kier molecular flexibility index (Phi) is 1.52. The first-order valence-electron chi connectivity index (χ1n) is 4.40. The van der Waals surface area contributed by atoms with Crippen molar-refractivity contribution in [3.63, 3.8) is 0 Å². The Labute approximate surface area is 67.9 Å². The van der Waals surface area contributed by atoms with Gasteiger partial charge in [-0.3, -0.25) is 0 Å². The lowest BCUT2D eigenvalue weighted by molar-refractivity contribution is -0.0244. The number of rotatable bonds is 0. The molecule has 2 saturated heterocycles. The molecule has 2 aliphatic heterocycles. The molecule has 0 spiro atoms. The Balaban J connectivity index is 2.23. The highest BCUT2D eigenvalue weighted by atomic mass is 16.6. The van der Waals surface area contributed by atoms with Crippen molar-refractivity contribution in [2.24, 2.45) is 11.8 Å². The van der Waals surface area contributed by atoms with Gasteiger partial charge in [0.15, 0.2) is 0 Å². The number of ether oxygens (including phenoxy) is 2. The SMILES string of the molecule is C[C@@H]1CO[C@]2(C)[C@H](C)CO[C@H]12. The van der Waals surface area contributed by atoms with Crippen LogP contribution in [-0.2, 0) is 9.47 Å². The van der Waals surface area contributed by atoms with Gasteiger partial charge < -0.3 is 9.47 Å². The molecular formula is C9H16O2. The van der Waals surface area contributed by atoms with Crippen molar-refractivity contribution in [1.29, 1.82) is 0 Å². The van der Waals surface area contributed by atoms with E-state index in [4.69, 9.17) is 9.47 Å². The summed E-state index contributed by atoms with van der Waals surface area (Å²) in [5.41, 5.74) is 0.0133. The van der Waals surface area contributed by atoms with Crippen LogP contribution in [0.2, 0.25) is 0 Å². The van der Waals surface area contributed by atoms with Crippen LogP contribution in [0.15, 0.2) is 0 Å². The predicted octanol–water partition coefficient (Wildman–Crippen LogP) is 1.45. The zero-order valence-corrected chi connectivity index (χ0v) is 7.46. The molecule has 0 bridgehead atoms.